The van der Waals surface area contributed by atoms with E-state index in [0.717, 1.165) is 4.31 Å². The van der Waals surface area contributed by atoms with Gasteiger partial charge < -0.3 is 4.52 Å². The Hall–Kier alpha value is -1.89. The summed E-state index contributed by atoms with van der Waals surface area (Å²) >= 11 is 0. The van der Waals surface area contributed by atoms with E-state index in [0.29, 0.717) is 0 Å². The molecule has 1 aromatic carbocycles. The Bertz CT molecular complexity index is 690. The molecule has 102 valence electrons. The van der Waals surface area contributed by atoms with Crippen LogP contribution in [0.5, 0.6) is 0 Å². The van der Waals surface area contributed by atoms with Crippen molar-refractivity contribution in [2.45, 2.75) is 18.7 Å². The van der Waals surface area contributed by atoms with Crippen LogP contribution in [0.4, 0.5) is 10.1 Å². The molecule has 0 amide bonds. The number of halogens is 1. The highest BCUT2D eigenvalue weighted by Crippen LogP contribution is 2.27. The second-order valence-corrected chi connectivity index (χ2v) is 5.98. The van der Waals surface area contributed by atoms with Gasteiger partial charge in [0.15, 0.2) is 10.7 Å². The summed E-state index contributed by atoms with van der Waals surface area (Å²) in [4.78, 5) is -0.0294. The fraction of sp³-hybridized carbons (Fsp3) is 0.250. The first-order chi connectivity index (χ1) is 8.85. The Morgan fingerprint density at radius 3 is 2.42 bits per heavy atom. The van der Waals surface area contributed by atoms with Crippen molar-refractivity contribution in [3.63, 3.8) is 0 Å². The minimum atomic E-state index is -3.90. The van der Waals surface area contributed by atoms with Crippen molar-refractivity contribution in [3.8, 4) is 0 Å². The molecular formula is C12H13FN2O3S. The van der Waals surface area contributed by atoms with Gasteiger partial charge in [-0.25, -0.2) is 12.8 Å². The number of hydrogen-bond acceptors (Lipinski definition) is 4. The van der Waals surface area contributed by atoms with Crippen LogP contribution in [0.25, 0.3) is 0 Å². The lowest BCUT2D eigenvalue weighted by Gasteiger charge is -2.19. The van der Waals surface area contributed by atoms with Crippen LogP contribution in [0.1, 0.15) is 11.5 Å². The van der Waals surface area contributed by atoms with Crippen LogP contribution in [0, 0.1) is 19.7 Å². The maximum absolute atomic E-state index is 13.7. The highest BCUT2D eigenvalue weighted by Gasteiger charge is 2.29. The molecule has 0 radical (unpaired) electrons. The fourth-order valence-corrected chi connectivity index (χ4v) is 3.31. The molecule has 2 rings (SSSR count). The van der Waals surface area contributed by atoms with Crippen LogP contribution < -0.4 is 4.31 Å². The molecule has 0 atom stereocenters. The largest absolute Gasteiger partial charge is 0.360 e. The van der Waals surface area contributed by atoms with Gasteiger partial charge in [0, 0.05) is 7.05 Å². The molecule has 0 N–H and O–H groups in total. The molecule has 0 aliphatic heterocycles. The van der Waals surface area contributed by atoms with Gasteiger partial charge >= 0.3 is 0 Å². The Balaban J connectivity index is 2.55. The van der Waals surface area contributed by atoms with Gasteiger partial charge in [-0.2, -0.15) is 0 Å². The predicted molar refractivity (Wildman–Crippen MR) is 68.0 cm³/mol. The lowest BCUT2D eigenvalue weighted by molar-refractivity contribution is 0.390. The monoisotopic (exact) mass is 284 g/mol. The molecule has 1 aromatic heterocycles. The second-order valence-electron chi connectivity index (χ2n) is 4.08. The van der Waals surface area contributed by atoms with Gasteiger partial charge in [-0.05, 0) is 26.0 Å². The van der Waals surface area contributed by atoms with Crippen molar-refractivity contribution in [3.05, 3.63) is 41.5 Å². The molecule has 5 nitrogen and oxygen atoms in total. The molecule has 0 saturated heterocycles. The number of sulfonamides is 1. The summed E-state index contributed by atoms with van der Waals surface area (Å²) in [6.07, 6.45) is 0. The van der Waals surface area contributed by atoms with Crippen molar-refractivity contribution in [2.75, 3.05) is 11.4 Å². The van der Waals surface area contributed by atoms with Crippen molar-refractivity contribution < 1.29 is 17.3 Å². The highest BCUT2D eigenvalue weighted by molar-refractivity contribution is 7.92. The van der Waals surface area contributed by atoms with Crippen molar-refractivity contribution in [1.82, 2.24) is 5.16 Å². The third-order valence-corrected chi connectivity index (χ3v) is 4.79. The average molecular weight is 284 g/mol. The quantitative estimate of drug-likeness (QED) is 0.867. The van der Waals surface area contributed by atoms with E-state index in [1.54, 1.807) is 6.07 Å². The first-order valence-electron chi connectivity index (χ1n) is 5.52. The molecule has 0 saturated carbocycles. The minimum Gasteiger partial charge on any atom is -0.360 e. The summed E-state index contributed by atoms with van der Waals surface area (Å²) < 4.78 is 44.3. The normalized spacial score (nSPS) is 11.6. The van der Waals surface area contributed by atoms with Crippen molar-refractivity contribution in [2.24, 2.45) is 0 Å². The number of nitrogens with zero attached hydrogens (tertiary/aromatic N) is 2. The van der Waals surface area contributed by atoms with E-state index in [-0.39, 0.29) is 22.0 Å². The summed E-state index contributed by atoms with van der Waals surface area (Å²) in [5.74, 6) is -0.430. The lowest BCUT2D eigenvalue weighted by Crippen LogP contribution is -2.28. The van der Waals surface area contributed by atoms with E-state index < -0.39 is 15.8 Å². The van der Waals surface area contributed by atoms with Crippen LogP contribution >= 0.6 is 0 Å². The Labute approximate surface area is 110 Å². The zero-order valence-electron chi connectivity index (χ0n) is 10.7. The first-order valence-corrected chi connectivity index (χ1v) is 6.96. The number of aromatic nitrogens is 1. The SMILES string of the molecule is Cc1noc(C)c1S(=O)(=O)N(C)c1ccccc1F. The number of aryl methyl sites for hydroxylation is 2. The lowest BCUT2D eigenvalue weighted by atomic mass is 10.3. The number of benzene rings is 1. The van der Waals surface area contributed by atoms with Gasteiger partial charge in [-0.3, -0.25) is 4.31 Å². The molecule has 2 aromatic rings. The molecule has 19 heavy (non-hydrogen) atoms. The van der Waals surface area contributed by atoms with Gasteiger partial charge in [-0.15, -0.1) is 0 Å². The molecule has 0 aliphatic rings. The standard InChI is InChI=1S/C12H13FN2O3S/c1-8-12(9(2)18-14-8)19(16,17)15(3)11-7-5-4-6-10(11)13/h4-7H,1-3H3. The van der Waals surface area contributed by atoms with Crippen LogP contribution in [0.15, 0.2) is 33.7 Å². The van der Waals surface area contributed by atoms with Crippen LogP contribution in [0.3, 0.4) is 0 Å². The molecule has 0 aliphatic carbocycles. The van der Waals surface area contributed by atoms with Crippen molar-refractivity contribution in [1.29, 1.82) is 0 Å². The van der Waals surface area contributed by atoms with E-state index in [9.17, 15) is 12.8 Å². The Morgan fingerprint density at radius 2 is 1.89 bits per heavy atom. The van der Waals surface area contributed by atoms with E-state index in [1.807, 2.05) is 0 Å². The van der Waals surface area contributed by atoms with E-state index in [4.69, 9.17) is 4.52 Å². The van der Waals surface area contributed by atoms with Crippen molar-refractivity contribution >= 4 is 15.7 Å². The summed E-state index contributed by atoms with van der Waals surface area (Å²) in [6.45, 7) is 3.03. The minimum absolute atomic E-state index is 0.0255. The van der Waals surface area contributed by atoms with Gasteiger partial charge in [0.25, 0.3) is 10.0 Å². The Morgan fingerprint density at radius 1 is 1.26 bits per heavy atom. The number of anilines is 1. The zero-order chi connectivity index (χ0) is 14.2. The summed E-state index contributed by atoms with van der Waals surface area (Å²) in [5.41, 5.74) is 0.225. The summed E-state index contributed by atoms with van der Waals surface area (Å²) in [6, 6.07) is 5.66. The maximum Gasteiger partial charge on any atom is 0.269 e. The van der Waals surface area contributed by atoms with Crippen LogP contribution in [0.2, 0.25) is 0 Å². The molecule has 0 bridgehead atoms. The average Bonchev–Trinajstić information content (AvgIpc) is 2.69. The number of rotatable bonds is 3. The number of para-hydroxylation sites is 1. The van der Waals surface area contributed by atoms with Gasteiger partial charge in [0.2, 0.25) is 0 Å². The predicted octanol–water partition coefficient (Wildman–Crippen LogP) is 2.26. The fourth-order valence-electron chi connectivity index (χ4n) is 1.82. The topological polar surface area (TPSA) is 63.4 Å². The van der Waals surface area contributed by atoms with E-state index in [1.165, 1.54) is 39.1 Å². The molecule has 1 heterocycles. The highest BCUT2D eigenvalue weighted by atomic mass is 32.2. The summed E-state index contributed by atoms with van der Waals surface area (Å²) in [7, 11) is -2.60. The van der Waals surface area contributed by atoms with Gasteiger partial charge in [-0.1, -0.05) is 17.3 Å². The van der Waals surface area contributed by atoms with Crippen LogP contribution in [-0.2, 0) is 10.0 Å². The molecule has 7 heteroatoms. The van der Waals surface area contributed by atoms with Gasteiger partial charge in [0.05, 0.1) is 5.69 Å². The molecule has 0 spiro atoms. The number of hydrogen-bond donors (Lipinski definition) is 0. The second kappa shape index (κ2) is 4.65. The third kappa shape index (κ3) is 2.21. The van der Waals surface area contributed by atoms with Gasteiger partial charge in [0.1, 0.15) is 11.5 Å². The maximum atomic E-state index is 13.7. The summed E-state index contributed by atoms with van der Waals surface area (Å²) in [5, 5.41) is 3.61. The van der Waals surface area contributed by atoms with E-state index >= 15 is 0 Å². The van der Waals surface area contributed by atoms with E-state index in [2.05, 4.69) is 5.16 Å². The first kappa shape index (κ1) is 13.5. The molecule has 0 unspecified atom stereocenters. The molecular weight excluding hydrogens is 271 g/mol. The van der Waals surface area contributed by atoms with Crippen LogP contribution in [-0.4, -0.2) is 20.6 Å². The smallest absolute Gasteiger partial charge is 0.269 e. The zero-order valence-corrected chi connectivity index (χ0v) is 11.5. The Kier molecular flexibility index (Phi) is 3.32. The molecule has 0 fully saturated rings. The third-order valence-electron chi connectivity index (χ3n) is 2.78.